The second kappa shape index (κ2) is 11.1. The first-order valence-corrected chi connectivity index (χ1v) is 9.28. The Kier molecular flexibility index (Phi) is 8.41. The highest BCUT2D eigenvalue weighted by Crippen LogP contribution is 2.14. The van der Waals surface area contributed by atoms with E-state index in [1.807, 2.05) is 24.3 Å². The SMILES string of the molecule is CCCCCCc1ccc(OCC(=O)Cn2nnc(CCC(=O)O)n2)cc1. The van der Waals surface area contributed by atoms with Crippen LogP contribution in [0.3, 0.4) is 0 Å². The van der Waals surface area contributed by atoms with Gasteiger partial charge in [0.05, 0.1) is 6.42 Å². The van der Waals surface area contributed by atoms with Crippen molar-refractivity contribution in [1.29, 1.82) is 0 Å². The molecule has 0 amide bonds. The highest BCUT2D eigenvalue weighted by atomic mass is 16.5. The number of aryl methyl sites for hydroxylation is 2. The molecule has 1 aromatic heterocycles. The van der Waals surface area contributed by atoms with E-state index in [-0.39, 0.29) is 31.8 Å². The van der Waals surface area contributed by atoms with Crippen molar-refractivity contribution in [2.45, 2.75) is 58.4 Å². The van der Waals surface area contributed by atoms with Crippen LogP contribution >= 0.6 is 0 Å². The third kappa shape index (κ3) is 7.98. The summed E-state index contributed by atoms with van der Waals surface area (Å²) >= 11 is 0. The fourth-order valence-corrected chi connectivity index (χ4v) is 2.54. The fourth-order valence-electron chi connectivity index (χ4n) is 2.54. The molecule has 0 aliphatic carbocycles. The van der Waals surface area contributed by atoms with Crippen molar-refractivity contribution in [3.05, 3.63) is 35.7 Å². The lowest BCUT2D eigenvalue weighted by Gasteiger charge is -2.06. The Labute approximate surface area is 158 Å². The van der Waals surface area contributed by atoms with Gasteiger partial charge in [0.15, 0.2) is 11.6 Å². The molecular formula is C19H26N4O4. The Morgan fingerprint density at radius 2 is 1.89 bits per heavy atom. The van der Waals surface area contributed by atoms with Gasteiger partial charge in [-0.1, -0.05) is 38.3 Å². The second-order valence-corrected chi connectivity index (χ2v) is 6.41. The molecule has 0 saturated carbocycles. The van der Waals surface area contributed by atoms with Crippen LogP contribution in [0.1, 0.15) is 50.4 Å². The van der Waals surface area contributed by atoms with Gasteiger partial charge in [-0.15, -0.1) is 10.2 Å². The molecule has 0 saturated heterocycles. The highest BCUT2D eigenvalue weighted by molar-refractivity contribution is 5.79. The van der Waals surface area contributed by atoms with Crippen LogP contribution in [-0.4, -0.2) is 43.7 Å². The monoisotopic (exact) mass is 374 g/mol. The summed E-state index contributed by atoms with van der Waals surface area (Å²) in [6.07, 6.45) is 6.10. The Balaban J connectivity index is 1.71. The van der Waals surface area contributed by atoms with Gasteiger partial charge >= 0.3 is 5.97 Å². The number of aliphatic carboxylic acids is 1. The molecule has 0 radical (unpaired) electrons. The Morgan fingerprint density at radius 1 is 1.11 bits per heavy atom. The molecule has 0 aliphatic heterocycles. The van der Waals surface area contributed by atoms with Crippen LogP contribution in [0.25, 0.3) is 0 Å². The maximum Gasteiger partial charge on any atom is 0.303 e. The standard InChI is InChI=1S/C19H26N4O4/c1-2-3-4-5-6-15-7-9-17(10-8-15)27-14-16(24)13-23-21-18(20-22-23)11-12-19(25)26/h7-10H,2-6,11-14H2,1H3,(H,25,26). The molecule has 27 heavy (non-hydrogen) atoms. The van der Waals surface area contributed by atoms with Crippen molar-refractivity contribution in [3.63, 3.8) is 0 Å². The normalized spacial score (nSPS) is 10.7. The molecule has 0 unspecified atom stereocenters. The lowest BCUT2D eigenvalue weighted by molar-refractivity contribution is -0.137. The molecule has 0 fully saturated rings. The fraction of sp³-hybridized carbons (Fsp3) is 0.526. The smallest absolute Gasteiger partial charge is 0.303 e. The summed E-state index contributed by atoms with van der Waals surface area (Å²) in [5.74, 6) is -0.168. The third-order valence-corrected chi connectivity index (χ3v) is 4.02. The summed E-state index contributed by atoms with van der Waals surface area (Å²) in [5.41, 5.74) is 1.27. The third-order valence-electron chi connectivity index (χ3n) is 4.02. The number of tetrazole rings is 1. The molecule has 2 rings (SSSR count). The molecule has 0 bridgehead atoms. The van der Waals surface area contributed by atoms with E-state index in [0.717, 1.165) is 11.2 Å². The minimum Gasteiger partial charge on any atom is -0.486 e. The number of ketones is 1. The lowest BCUT2D eigenvalue weighted by atomic mass is 10.1. The zero-order chi connectivity index (χ0) is 19.5. The number of nitrogens with zero attached hydrogens (tertiary/aromatic N) is 4. The van der Waals surface area contributed by atoms with Crippen LogP contribution in [0, 0.1) is 0 Å². The van der Waals surface area contributed by atoms with Crippen LogP contribution in [0.15, 0.2) is 24.3 Å². The van der Waals surface area contributed by atoms with Gasteiger partial charge in [0, 0.05) is 6.42 Å². The van der Waals surface area contributed by atoms with Crippen LogP contribution < -0.4 is 4.74 Å². The number of aromatic nitrogens is 4. The number of Topliss-reactive ketones (excluding diaryl/α,β-unsaturated/α-hetero) is 1. The average Bonchev–Trinajstić information content (AvgIpc) is 3.10. The van der Waals surface area contributed by atoms with Crippen LogP contribution in [0.2, 0.25) is 0 Å². The van der Waals surface area contributed by atoms with E-state index in [4.69, 9.17) is 9.84 Å². The molecule has 8 heteroatoms. The van der Waals surface area contributed by atoms with Gasteiger partial charge in [-0.3, -0.25) is 9.59 Å². The minimum atomic E-state index is -0.928. The molecule has 146 valence electrons. The van der Waals surface area contributed by atoms with E-state index >= 15 is 0 Å². The van der Waals surface area contributed by atoms with Crippen LogP contribution in [0.4, 0.5) is 0 Å². The van der Waals surface area contributed by atoms with Gasteiger partial charge in [-0.25, -0.2) is 0 Å². The predicted octanol–water partition coefficient (Wildman–Crippen LogP) is 2.46. The largest absolute Gasteiger partial charge is 0.486 e. The molecule has 1 N–H and O–H groups in total. The maximum absolute atomic E-state index is 12.0. The molecule has 8 nitrogen and oxygen atoms in total. The number of rotatable bonds is 13. The zero-order valence-electron chi connectivity index (χ0n) is 15.6. The van der Waals surface area contributed by atoms with E-state index in [1.165, 1.54) is 31.2 Å². The highest BCUT2D eigenvalue weighted by Gasteiger charge is 2.10. The van der Waals surface area contributed by atoms with Crippen molar-refractivity contribution in [3.8, 4) is 5.75 Å². The van der Waals surface area contributed by atoms with E-state index in [9.17, 15) is 9.59 Å². The first kappa shape index (κ1) is 20.5. The molecule has 0 atom stereocenters. The number of carboxylic acid groups (broad SMARTS) is 1. The summed E-state index contributed by atoms with van der Waals surface area (Å²) in [4.78, 5) is 23.7. The molecule has 0 aliphatic rings. The number of hydrogen-bond acceptors (Lipinski definition) is 6. The van der Waals surface area contributed by atoms with Crippen LogP contribution in [0.5, 0.6) is 5.75 Å². The Hall–Kier alpha value is -2.77. The second-order valence-electron chi connectivity index (χ2n) is 6.41. The summed E-state index contributed by atoms with van der Waals surface area (Å²) in [7, 11) is 0. The molecule has 1 heterocycles. The number of hydrogen-bond donors (Lipinski definition) is 1. The molecule has 2 aromatic rings. The Bertz CT molecular complexity index is 728. The van der Waals surface area contributed by atoms with E-state index in [1.54, 1.807) is 0 Å². The number of carbonyl (C=O) groups excluding carboxylic acids is 1. The van der Waals surface area contributed by atoms with Gasteiger partial charge in [0.1, 0.15) is 18.9 Å². The zero-order valence-corrected chi connectivity index (χ0v) is 15.6. The first-order chi connectivity index (χ1) is 13.1. The van der Waals surface area contributed by atoms with E-state index < -0.39 is 5.97 Å². The van der Waals surface area contributed by atoms with Crippen molar-refractivity contribution in [2.75, 3.05) is 6.61 Å². The summed E-state index contributed by atoms with van der Waals surface area (Å²) < 4.78 is 5.51. The summed E-state index contributed by atoms with van der Waals surface area (Å²) in [6.45, 7) is 2.06. The molecule has 1 aromatic carbocycles. The lowest BCUT2D eigenvalue weighted by Crippen LogP contribution is -2.19. The quantitative estimate of drug-likeness (QED) is 0.537. The summed E-state index contributed by atoms with van der Waals surface area (Å²) in [5, 5.41) is 20.1. The van der Waals surface area contributed by atoms with Gasteiger partial charge in [-0.2, -0.15) is 4.80 Å². The molecular weight excluding hydrogens is 348 g/mol. The van der Waals surface area contributed by atoms with Crippen molar-refractivity contribution < 1.29 is 19.4 Å². The predicted molar refractivity (Wildman–Crippen MR) is 98.6 cm³/mol. The average molecular weight is 374 g/mol. The Morgan fingerprint density at radius 3 is 2.59 bits per heavy atom. The van der Waals surface area contributed by atoms with Gasteiger partial charge in [0.25, 0.3) is 0 Å². The molecule has 0 spiro atoms. The first-order valence-electron chi connectivity index (χ1n) is 9.28. The maximum atomic E-state index is 12.0. The van der Waals surface area contributed by atoms with Crippen molar-refractivity contribution in [2.24, 2.45) is 0 Å². The van der Waals surface area contributed by atoms with Crippen molar-refractivity contribution in [1.82, 2.24) is 20.2 Å². The topological polar surface area (TPSA) is 107 Å². The van der Waals surface area contributed by atoms with Gasteiger partial charge < -0.3 is 9.84 Å². The van der Waals surface area contributed by atoms with Crippen LogP contribution in [-0.2, 0) is 29.0 Å². The number of ether oxygens (including phenoxy) is 1. The van der Waals surface area contributed by atoms with E-state index in [0.29, 0.717) is 11.6 Å². The van der Waals surface area contributed by atoms with Gasteiger partial charge in [-0.05, 0) is 35.8 Å². The van der Waals surface area contributed by atoms with E-state index in [2.05, 4.69) is 22.3 Å². The summed E-state index contributed by atoms with van der Waals surface area (Å²) in [6, 6.07) is 7.80. The number of benzene rings is 1. The number of carbonyl (C=O) groups is 2. The van der Waals surface area contributed by atoms with Crippen molar-refractivity contribution >= 4 is 11.8 Å². The number of unbranched alkanes of at least 4 members (excludes halogenated alkanes) is 3. The number of carboxylic acids is 1. The van der Waals surface area contributed by atoms with Gasteiger partial charge in [0.2, 0.25) is 0 Å². The minimum absolute atomic E-state index is 0.0599.